The zero-order valence-corrected chi connectivity index (χ0v) is 11.7. The number of benzene rings is 2. The Hall–Kier alpha value is -2.59. The average molecular weight is 280 g/mol. The molecule has 0 aliphatic rings. The Labute approximate surface area is 122 Å². The summed E-state index contributed by atoms with van der Waals surface area (Å²) in [6.45, 7) is 2.39. The van der Waals surface area contributed by atoms with E-state index in [1.54, 1.807) is 0 Å². The van der Waals surface area contributed by atoms with Crippen molar-refractivity contribution in [3.63, 3.8) is 0 Å². The predicted molar refractivity (Wildman–Crippen MR) is 83.2 cm³/mol. The van der Waals surface area contributed by atoms with Gasteiger partial charge in [-0.15, -0.1) is 0 Å². The number of fused-ring (bicyclic) bond motifs is 1. The number of nitrogens with one attached hydrogen (secondary N) is 1. The van der Waals surface area contributed by atoms with Gasteiger partial charge in [0.25, 0.3) is 5.91 Å². The number of hydrogen-bond donors (Lipinski definition) is 2. The van der Waals surface area contributed by atoms with Crippen LogP contribution >= 0.6 is 0 Å². The number of para-hydroxylation sites is 1. The maximum absolute atomic E-state index is 12.4. The number of carbonyl (C=O) groups is 1. The van der Waals surface area contributed by atoms with Crippen molar-refractivity contribution in [1.29, 1.82) is 0 Å². The van der Waals surface area contributed by atoms with Gasteiger partial charge in [-0.1, -0.05) is 30.3 Å². The van der Waals surface area contributed by atoms with E-state index in [-0.39, 0.29) is 5.91 Å². The van der Waals surface area contributed by atoms with Crippen molar-refractivity contribution < 1.29 is 9.21 Å². The highest BCUT2D eigenvalue weighted by Crippen LogP contribution is 2.23. The molecule has 3 aromatic rings. The number of furan rings is 1. The summed E-state index contributed by atoms with van der Waals surface area (Å²) in [7, 11) is 0. The molecule has 4 heteroatoms. The van der Waals surface area contributed by atoms with Crippen molar-refractivity contribution in [1.82, 2.24) is 0 Å². The highest BCUT2D eigenvalue weighted by atomic mass is 16.3. The van der Waals surface area contributed by atoms with E-state index in [0.29, 0.717) is 17.7 Å². The van der Waals surface area contributed by atoms with Gasteiger partial charge in [-0.05, 0) is 30.2 Å². The molecule has 1 aromatic heterocycles. The number of anilines is 1. The van der Waals surface area contributed by atoms with Crippen LogP contribution in [0.15, 0.2) is 53.1 Å². The number of aryl methyl sites for hydroxylation is 1. The maximum Gasteiger partial charge on any atom is 0.259 e. The van der Waals surface area contributed by atoms with Crippen LogP contribution in [-0.2, 0) is 6.54 Å². The molecule has 21 heavy (non-hydrogen) atoms. The monoisotopic (exact) mass is 280 g/mol. The highest BCUT2D eigenvalue weighted by molar-refractivity contribution is 6.12. The minimum absolute atomic E-state index is 0.183. The minimum atomic E-state index is -0.183. The van der Waals surface area contributed by atoms with Crippen LogP contribution in [0, 0.1) is 6.92 Å². The van der Waals surface area contributed by atoms with Gasteiger partial charge in [-0.25, -0.2) is 0 Å². The number of amides is 1. The van der Waals surface area contributed by atoms with Crippen LogP contribution in [0.4, 0.5) is 5.69 Å². The van der Waals surface area contributed by atoms with E-state index in [1.165, 1.54) is 6.26 Å². The lowest BCUT2D eigenvalue weighted by Crippen LogP contribution is -2.12. The largest absolute Gasteiger partial charge is 0.463 e. The van der Waals surface area contributed by atoms with Crippen molar-refractivity contribution in [3.05, 3.63) is 65.4 Å². The molecule has 2 aromatic carbocycles. The molecule has 106 valence electrons. The standard InChI is InChI=1S/C17H16N2O2/c1-11-6-7-12(9-18)8-15(11)19-17(20)14-10-21-16-5-3-2-4-13(14)16/h2-8,10H,9,18H2,1H3,(H,19,20). The van der Waals surface area contributed by atoms with Crippen LogP contribution < -0.4 is 11.1 Å². The van der Waals surface area contributed by atoms with Gasteiger partial charge in [0, 0.05) is 17.6 Å². The Morgan fingerprint density at radius 1 is 1.24 bits per heavy atom. The summed E-state index contributed by atoms with van der Waals surface area (Å²) in [4.78, 5) is 12.4. The zero-order chi connectivity index (χ0) is 14.8. The fraction of sp³-hybridized carbons (Fsp3) is 0.118. The topological polar surface area (TPSA) is 68.3 Å². The molecule has 3 rings (SSSR count). The quantitative estimate of drug-likeness (QED) is 0.772. The molecule has 3 N–H and O–H groups in total. The van der Waals surface area contributed by atoms with Crippen molar-refractivity contribution in [2.24, 2.45) is 5.73 Å². The van der Waals surface area contributed by atoms with Crippen LogP contribution in [0.3, 0.4) is 0 Å². The first-order valence-electron chi connectivity index (χ1n) is 6.76. The van der Waals surface area contributed by atoms with E-state index in [4.69, 9.17) is 10.2 Å². The van der Waals surface area contributed by atoms with Gasteiger partial charge in [0.2, 0.25) is 0 Å². The summed E-state index contributed by atoms with van der Waals surface area (Å²) in [5.41, 5.74) is 9.62. The fourth-order valence-corrected chi connectivity index (χ4v) is 2.27. The molecule has 1 amide bonds. The van der Waals surface area contributed by atoms with Crippen LogP contribution in [0.25, 0.3) is 11.0 Å². The van der Waals surface area contributed by atoms with E-state index in [1.807, 2.05) is 49.4 Å². The van der Waals surface area contributed by atoms with Gasteiger partial charge in [0.05, 0.1) is 5.56 Å². The zero-order valence-electron chi connectivity index (χ0n) is 11.7. The maximum atomic E-state index is 12.4. The van der Waals surface area contributed by atoms with Crippen LogP contribution in [0.2, 0.25) is 0 Å². The molecule has 0 aliphatic carbocycles. The Bertz CT molecular complexity index is 805. The Morgan fingerprint density at radius 2 is 2.05 bits per heavy atom. The van der Waals surface area contributed by atoms with Crippen molar-refractivity contribution in [2.45, 2.75) is 13.5 Å². The molecular formula is C17H16N2O2. The van der Waals surface area contributed by atoms with E-state index in [0.717, 1.165) is 22.2 Å². The molecule has 0 saturated carbocycles. The van der Waals surface area contributed by atoms with Gasteiger partial charge in [-0.2, -0.15) is 0 Å². The Morgan fingerprint density at radius 3 is 2.86 bits per heavy atom. The summed E-state index contributed by atoms with van der Waals surface area (Å²) >= 11 is 0. The summed E-state index contributed by atoms with van der Waals surface area (Å²) in [5, 5.41) is 3.73. The Kier molecular flexibility index (Phi) is 3.46. The van der Waals surface area contributed by atoms with Crippen LogP contribution in [0.1, 0.15) is 21.5 Å². The van der Waals surface area contributed by atoms with E-state index in [2.05, 4.69) is 5.32 Å². The fourth-order valence-electron chi connectivity index (χ4n) is 2.27. The first-order chi connectivity index (χ1) is 10.2. The number of hydrogen-bond acceptors (Lipinski definition) is 3. The van der Waals surface area contributed by atoms with Gasteiger partial charge in [0.15, 0.2) is 0 Å². The lowest BCUT2D eigenvalue weighted by molar-refractivity contribution is 0.102. The second-order valence-corrected chi connectivity index (χ2v) is 4.95. The molecule has 0 atom stereocenters. The smallest absolute Gasteiger partial charge is 0.259 e. The van der Waals surface area contributed by atoms with Gasteiger partial charge in [-0.3, -0.25) is 4.79 Å². The third kappa shape index (κ3) is 2.53. The predicted octanol–water partition coefficient (Wildman–Crippen LogP) is 3.45. The van der Waals surface area contributed by atoms with Crippen LogP contribution in [0.5, 0.6) is 0 Å². The SMILES string of the molecule is Cc1ccc(CN)cc1NC(=O)c1coc2ccccc12. The van der Waals surface area contributed by atoms with Crippen molar-refractivity contribution in [3.8, 4) is 0 Å². The summed E-state index contributed by atoms with van der Waals surface area (Å²) in [6.07, 6.45) is 1.49. The Balaban J connectivity index is 1.93. The molecule has 0 unspecified atom stereocenters. The normalized spacial score (nSPS) is 10.8. The lowest BCUT2D eigenvalue weighted by Gasteiger charge is -2.09. The lowest BCUT2D eigenvalue weighted by atomic mass is 10.1. The van der Waals surface area contributed by atoms with Gasteiger partial charge in [0.1, 0.15) is 11.8 Å². The summed E-state index contributed by atoms with van der Waals surface area (Å²) in [6, 6.07) is 13.3. The third-order valence-electron chi connectivity index (χ3n) is 3.51. The summed E-state index contributed by atoms with van der Waals surface area (Å²) < 4.78 is 5.40. The van der Waals surface area contributed by atoms with Crippen molar-refractivity contribution in [2.75, 3.05) is 5.32 Å². The minimum Gasteiger partial charge on any atom is -0.463 e. The molecule has 1 heterocycles. The molecule has 0 spiro atoms. The second-order valence-electron chi connectivity index (χ2n) is 4.95. The summed E-state index contributed by atoms with van der Waals surface area (Å²) in [5.74, 6) is -0.183. The van der Waals surface area contributed by atoms with E-state index >= 15 is 0 Å². The number of nitrogens with two attached hydrogens (primary N) is 1. The highest BCUT2D eigenvalue weighted by Gasteiger charge is 2.14. The average Bonchev–Trinajstić information content (AvgIpc) is 2.93. The van der Waals surface area contributed by atoms with Gasteiger partial charge >= 0.3 is 0 Å². The molecule has 0 aliphatic heterocycles. The number of rotatable bonds is 3. The van der Waals surface area contributed by atoms with E-state index < -0.39 is 0 Å². The molecule has 0 fully saturated rings. The second kappa shape index (κ2) is 5.42. The first-order valence-corrected chi connectivity index (χ1v) is 6.76. The van der Waals surface area contributed by atoms with Gasteiger partial charge < -0.3 is 15.5 Å². The van der Waals surface area contributed by atoms with E-state index in [9.17, 15) is 4.79 Å². The van der Waals surface area contributed by atoms with Crippen LogP contribution in [-0.4, -0.2) is 5.91 Å². The first kappa shape index (κ1) is 13.4. The third-order valence-corrected chi connectivity index (χ3v) is 3.51. The molecule has 0 radical (unpaired) electrons. The number of carbonyl (C=O) groups excluding carboxylic acids is 1. The molecular weight excluding hydrogens is 264 g/mol. The van der Waals surface area contributed by atoms with Crippen molar-refractivity contribution >= 4 is 22.6 Å². The molecule has 0 saturated heterocycles. The molecule has 4 nitrogen and oxygen atoms in total. The molecule has 0 bridgehead atoms.